The van der Waals surface area contributed by atoms with Crippen LogP contribution >= 0.6 is 0 Å². The quantitative estimate of drug-likeness (QED) is 0.0297. The lowest BCUT2D eigenvalue weighted by Crippen LogP contribution is -2.48. The molecule has 508 valence electrons. The van der Waals surface area contributed by atoms with Gasteiger partial charge in [0.1, 0.15) is 38.1 Å². The summed E-state index contributed by atoms with van der Waals surface area (Å²) in [4.78, 5) is 59.7. The molecule has 1 fully saturated rings. The Labute approximate surface area is 528 Å². The van der Waals surface area contributed by atoms with Crippen LogP contribution in [-0.2, 0) is 38.1 Å². The number of aliphatic hydroxyl groups excluding tert-OH is 3. The van der Waals surface area contributed by atoms with E-state index in [0.717, 1.165) is 129 Å². The summed E-state index contributed by atoms with van der Waals surface area (Å²) in [5.41, 5.74) is 0. The van der Waals surface area contributed by atoms with Gasteiger partial charge >= 0.3 is 23.9 Å². The smallest absolute Gasteiger partial charge is 0.305 e. The molecule has 0 aliphatic carbocycles. The number of hydrogen-bond donors (Lipinski definition) is 3. The molecule has 0 amide bonds. The first-order chi connectivity index (χ1) is 41.9. The van der Waals surface area contributed by atoms with Crippen molar-refractivity contribution < 1.29 is 53.4 Å². The van der Waals surface area contributed by atoms with Gasteiger partial charge in [-0.3, -0.25) is 24.1 Å². The molecule has 0 aromatic heterocycles. The Balaban J connectivity index is 2.71. The zero-order chi connectivity index (χ0) is 62.8. The topological polar surface area (TPSA) is 179 Å². The van der Waals surface area contributed by atoms with Crippen LogP contribution in [0.2, 0.25) is 0 Å². The maximum absolute atomic E-state index is 12.7. The molecule has 1 saturated heterocycles. The summed E-state index contributed by atoms with van der Waals surface area (Å²) < 4.78 is 22.3. The molecule has 4 atom stereocenters. The summed E-state index contributed by atoms with van der Waals surface area (Å²) in [5, 5.41) is 33.3. The van der Waals surface area contributed by atoms with E-state index in [9.17, 15) is 34.5 Å². The molecular weight excluding hydrogens is 1080 g/mol. The first-order valence-electron chi connectivity index (χ1n) is 36.4. The van der Waals surface area contributed by atoms with Crippen LogP contribution in [0.15, 0.2) is 0 Å². The molecule has 0 aromatic rings. The molecule has 4 unspecified atom stereocenters. The normalized spacial score (nSPS) is 14.6. The van der Waals surface area contributed by atoms with Crippen LogP contribution in [0.5, 0.6) is 0 Å². The van der Waals surface area contributed by atoms with Gasteiger partial charge in [-0.2, -0.15) is 0 Å². The van der Waals surface area contributed by atoms with Crippen LogP contribution in [0.25, 0.3) is 0 Å². The Bertz CT molecular complexity index is 1340. The lowest BCUT2D eigenvalue weighted by Gasteiger charge is -2.36. The summed E-state index contributed by atoms with van der Waals surface area (Å²) >= 11 is 0. The van der Waals surface area contributed by atoms with Crippen LogP contribution in [0.4, 0.5) is 0 Å². The second kappa shape index (κ2) is 60.2. The van der Waals surface area contributed by atoms with Crippen molar-refractivity contribution in [3.05, 3.63) is 0 Å². The number of aliphatic hydroxyl groups is 3. The van der Waals surface area contributed by atoms with Crippen molar-refractivity contribution in [2.45, 2.75) is 323 Å². The van der Waals surface area contributed by atoms with E-state index in [-0.39, 0.29) is 62.7 Å². The predicted octanol–water partition coefficient (Wildman–Crippen LogP) is 14.6. The predicted molar refractivity (Wildman–Crippen MR) is 353 cm³/mol. The fourth-order valence-corrected chi connectivity index (χ4v) is 11.7. The van der Waals surface area contributed by atoms with Crippen molar-refractivity contribution in [3.8, 4) is 0 Å². The number of nitrogens with zero attached hydrogens (tertiary/aromatic N) is 4. The van der Waals surface area contributed by atoms with Gasteiger partial charge in [-0.15, -0.1) is 0 Å². The molecule has 1 rings (SSSR count). The van der Waals surface area contributed by atoms with E-state index >= 15 is 0 Å². The van der Waals surface area contributed by atoms with Crippen LogP contribution < -0.4 is 0 Å². The minimum atomic E-state index is -0.914. The van der Waals surface area contributed by atoms with E-state index in [1.54, 1.807) is 0 Å². The van der Waals surface area contributed by atoms with Crippen LogP contribution in [0.1, 0.15) is 304 Å². The monoisotopic (exact) mass is 1220 g/mol. The molecule has 15 heteroatoms. The van der Waals surface area contributed by atoms with E-state index in [4.69, 9.17) is 18.9 Å². The third-order valence-electron chi connectivity index (χ3n) is 17.1. The summed E-state index contributed by atoms with van der Waals surface area (Å²) in [6, 6.07) is 0. The average Bonchev–Trinajstić information content (AvgIpc) is 3.68. The third kappa shape index (κ3) is 53.4. The lowest BCUT2D eigenvalue weighted by atomic mass is 10.1. The van der Waals surface area contributed by atoms with Gasteiger partial charge in [-0.05, 0) is 64.7 Å². The van der Waals surface area contributed by atoms with Crippen LogP contribution in [-0.4, -0.2) is 182 Å². The number of ether oxygens (including phenoxy) is 4. The highest BCUT2D eigenvalue weighted by molar-refractivity contribution is 5.70. The maximum Gasteiger partial charge on any atom is 0.305 e. The van der Waals surface area contributed by atoms with Crippen molar-refractivity contribution in [1.82, 2.24) is 19.6 Å². The fraction of sp³-hybridized carbons (Fsp3) is 0.944. The summed E-state index contributed by atoms with van der Waals surface area (Å²) in [6.45, 7) is 19.5. The van der Waals surface area contributed by atoms with Gasteiger partial charge in [-0.1, -0.05) is 240 Å². The SMILES string of the molecule is CCCCCCCCCCCC(=O)OCC(C)CN(CCCN1CCN(CCCN(CC(O)COC(=O)CCCCCCCCCCC)CC(O)COC(=O)CCCCCCCCCCC)CC1)CC(O)COC(=O)CCCCCCCCCCC. The second-order valence-electron chi connectivity index (χ2n) is 26.0. The van der Waals surface area contributed by atoms with E-state index in [1.807, 2.05) is 4.90 Å². The molecule has 1 aliphatic rings. The molecule has 0 spiro atoms. The third-order valence-corrected chi connectivity index (χ3v) is 17.1. The molecule has 0 radical (unpaired) electrons. The van der Waals surface area contributed by atoms with Crippen molar-refractivity contribution in [2.24, 2.45) is 5.92 Å². The van der Waals surface area contributed by atoms with Gasteiger partial charge in [0.05, 0.1) is 6.61 Å². The highest BCUT2D eigenvalue weighted by Crippen LogP contribution is 2.17. The molecule has 0 aromatic carbocycles. The van der Waals surface area contributed by atoms with Gasteiger partial charge in [0.2, 0.25) is 0 Å². The lowest BCUT2D eigenvalue weighted by molar-refractivity contribution is -0.148. The summed E-state index contributed by atoms with van der Waals surface area (Å²) in [5.74, 6) is -0.885. The minimum Gasteiger partial charge on any atom is -0.465 e. The van der Waals surface area contributed by atoms with Crippen molar-refractivity contribution >= 4 is 23.9 Å². The largest absolute Gasteiger partial charge is 0.465 e. The molecule has 1 heterocycles. The Hall–Kier alpha value is -2.40. The molecule has 1 aliphatic heterocycles. The van der Waals surface area contributed by atoms with E-state index in [0.29, 0.717) is 51.9 Å². The first-order valence-corrected chi connectivity index (χ1v) is 36.4. The number of hydrogen-bond acceptors (Lipinski definition) is 15. The zero-order valence-electron chi connectivity index (χ0n) is 56.7. The number of carbonyl (C=O) groups excluding carboxylic acids is 4. The molecule has 0 bridgehead atoms. The Morgan fingerprint density at radius 3 is 0.802 bits per heavy atom. The van der Waals surface area contributed by atoms with Crippen molar-refractivity contribution in [1.29, 1.82) is 0 Å². The average molecular weight is 1220 g/mol. The highest BCUT2D eigenvalue weighted by Gasteiger charge is 2.23. The van der Waals surface area contributed by atoms with E-state index in [1.165, 1.54) is 161 Å². The Morgan fingerprint density at radius 2 is 0.547 bits per heavy atom. The fourth-order valence-electron chi connectivity index (χ4n) is 11.7. The molecule has 15 nitrogen and oxygen atoms in total. The molecule has 3 N–H and O–H groups in total. The number of piperazine rings is 1. The van der Waals surface area contributed by atoms with Gasteiger partial charge in [0.25, 0.3) is 0 Å². The highest BCUT2D eigenvalue weighted by atomic mass is 16.6. The summed E-state index contributed by atoms with van der Waals surface area (Å²) in [6.07, 6.45) is 43.0. The molecular formula is C71H138N4O11. The van der Waals surface area contributed by atoms with E-state index in [2.05, 4.69) is 49.3 Å². The Kier molecular flexibility index (Phi) is 57.1. The number of carbonyl (C=O) groups is 4. The number of unbranched alkanes of at least 4 members (excludes halogenated alkanes) is 32. The summed E-state index contributed by atoms with van der Waals surface area (Å²) in [7, 11) is 0. The maximum atomic E-state index is 12.7. The van der Waals surface area contributed by atoms with E-state index < -0.39 is 18.3 Å². The second-order valence-corrected chi connectivity index (χ2v) is 26.0. The van der Waals surface area contributed by atoms with Crippen molar-refractivity contribution in [3.63, 3.8) is 0 Å². The standard InChI is InChI=1S/C71H138N4O11/c1-6-10-14-18-22-26-30-34-38-44-68(79)83-60-64(5)56-74(57-65(76)61-84-69(80)45-39-35-31-27-23-19-15-11-7-2)50-42-48-72-52-54-73(55-53-72)49-43-51-75(58-66(77)62-85-70(81)46-40-36-32-28-24-20-16-12-8-3)59-67(78)63-86-71(82)47-41-37-33-29-25-21-17-13-9-4/h64-67,76-78H,6-63H2,1-5H3. The van der Waals surface area contributed by atoms with Gasteiger partial charge in [-0.25, -0.2) is 0 Å². The van der Waals surface area contributed by atoms with Gasteiger partial charge in [0, 0.05) is 84.0 Å². The van der Waals surface area contributed by atoms with Gasteiger partial charge in [0.15, 0.2) is 0 Å². The zero-order valence-corrected chi connectivity index (χ0v) is 56.7. The van der Waals surface area contributed by atoms with Crippen molar-refractivity contribution in [2.75, 3.05) is 105 Å². The first kappa shape index (κ1) is 81.6. The van der Waals surface area contributed by atoms with Crippen LogP contribution in [0.3, 0.4) is 0 Å². The molecule has 0 saturated carbocycles. The number of rotatable bonds is 64. The van der Waals surface area contributed by atoms with Gasteiger partial charge < -0.3 is 49.0 Å². The minimum absolute atomic E-state index is 0.0282. The van der Waals surface area contributed by atoms with Crippen LogP contribution in [0, 0.1) is 5.92 Å². The number of esters is 4. The Morgan fingerprint density at radius 1 is 0.326 bits per heavy atom. The molecule has 86 heavy (non-hydrogen) atoms.